The number of halogens is 1. The fraction of sp³-hybridized carbons (Fsp3) is 0.286. The van der Waals surface area contributed by atoms with Gasteiger partial charge in [0.15, 0.2) is 0 Å². The van der Waals surface area contributed by atoms with E-state index in [0.29, 0.717) is 37.4 Å². The molecule has 6 heteroatoms. The summed E-state index contributed by atoms with van der Waals surface area (Å²) in [6.45, 7) is 5.45. The molecule has 4 rings (SSSR count). The van der Waals surface area contributed by atoms with E-state index >= 15 is 0 Å². The van der Waals surface area contributed by atoms with Gasteiger partial charge in [0, 0.05) is 19.6 Å². The highest BCUT2D eigenvalue weighted by Crippen LogP contribution is 2.32. The molecule has 0 radical (unpaired) electrons. The molecule has 0 aromatic heterocycles. The molecule has 176 valence electrons. The molecule has 1 fully saturated rings. The number of hydrogen-bond donors (Lipinski definition) is 1. The Morgan fingerprint density at radius 1 is 1.03 bits per heavy atom. The van der Waals surface area contributed by atoms with Crippen LogP contribution in [0.4, 0.5) is 20.6 Å². The molecule has 1 heterocycles. The first-order chi connectivity index (χ1) is 16.5. The Kier molecular flexibility index (Phi) is 7.26. The van der Waals surface area contributed by atoms with Crippen molar-refractivity contribution in [2.45, 2.75) is 39.2 Å². The number of carbonyl (C=O) groups is 2. The number of anilines is 2. The highest BCUT2D eigenvalue weighted by atomic mass is 19.1. The lowest BCUT2D eigenvalue weighted by Gasteiger charge is -2.36. The van der Waals surface area contributed by atoms with Crippen molar-refractivity contribution >= 4 is 23.3 Å². The molecule has 5 nitrogen and oxygen atoms in total. The number of nitrogens with zero attached hydrogens (tertiary/aromatic N) is 2. The number of hydrogen-bond acceptors (Lipinski definition) is 2. The molecule has 1 atom stereocenters. The Morgan fingerprint density at radius 2 is 1.82 bits per heavy atom. The number of urea groups is 1. The van der Waals surface area contributed by atoms with Gasteiger partial charge in [-0.05, 0) is 60.7 Å². The standard InChI is InChI=1S/C28H30FN3O2/c1-3-24(22-10-5-4-6-11-22)27(33)30-25-17-20(2)13-14-26(25)32-16-8-15-31(28(32)34)19-21-9-7-12-23(29)18-21/h4-7,9-14,17-18,24H,3,8,15-16,19H2,1-2H3,(H,30,33)/t24-/m0/s1. The molecule has 3 aromatic rings. The van der Waals surface area contributed by atoms with Crippen LogP contribution in [-0.4, -0.2) is 29.9 Å². The van der Waals surface area contributed by atoms with Crippen molar-refractivity contribution in [3.63, 3.8) is 0 Å². The zero-order chi connectivity index (χ0) is 24.1. The minimum absolute atomic E-state index is 0.0957. The van der Waals surface area contributed by atoms with Gasteiger partial charge < -0.3 is 10.2 Å². The Labute approximate surface area is 200 Å². The summed E-state index contributed by atoms with van der Waals surface area (Å²) in [7, 11) is 0. The van der Waals surface area contributed by atoms with E-state index in [2.05, 4.69) is 5.32 Å². The van der Waals surface area contributed by atoms with E-state index in [4.69, 9.17) is 0 Å². The molecular formula is C28H30FN3O2. The largest absolute Gasteiger partial charge is 0.324 e. The molecule has 3 aromatic carbocycles. The van der Waals surface area contributed by atoms with Gasteiger partial charge in [0.1, 0.15) is 5.82 Å². The van der Waals surface area contributed by atoms with Crippen LogP contribution in [0.5, 0.6) is 0 Å². The molecule has 1 N–H and O–H groups in total. The summed E-state index contributed by atoms with van der Waals surface area (Å²) >= 11 is 0. The first kappa shape index (κ1) is 23.5. The van der Waals surface area contributed by atoms with Gasteiger partial charge in [-0.25, -0.2) is 9.18 Å². The smallest absolute Gasteiger partial charge is 0.324 e. The SMILES string of the molecule is CC[C@H](C(=O)Nc1cc(C)ccc1N1CCCN(Cc2cccc(F)c2)C1=O)c1ccccc1. The van der Waals surface area contributed by atoms with Crippen LogP contribution in [0.25, 0.3) is 0 Å². The van der Waals surface area contributed by atoms with Gasteiger partial charge in [-0.1, -0.05) is 55.5 Å². The molecule has 1 saturated heterocycles. The summed E-state index contributed by atoms with van der Waals surface area (Å²) in [6.07, 6.45) is 1.45. The van der Waals surface area contributed by atoms with Crippen molar-refractivity contribution in [2.75, 3.05) is 23.3 Å². The van der Waals surface area contributed by atoms with E-state index in [0.717, 1.165) is 23.1 Å². The van der Waals surface area contributed by atoms with Gasteiger partial charge in [-0.3, -0.25) is 9.69 Å². The van der Waals surface area contributed by atoms with Crippen LogP contribution in [-0.2, 0) is 11.3 Å². The van der Waals surface area contributed by atoms with Gasteiger partial charge in [-0.15, -0.1) is 0 Å². The van der Waals surface area contributed by atoms with Crippen molar-refractivity contribution in [2.24, 2.45) is 0 Å². The third kappa shape index (κ3) is 5.28. The minimum atomic E-state index is -0.314. The lowest BCUT2D eigenvalue weighted by atomic mass is 9.95. The van der Waals surface area contributed by atoms with Crippen molar-refractivity contribution in [3.8, 4) is 0 Å². The van der Waals surface area contributed by atoms with Gasteiger partial charge in [0.05, 0.1) is 17.3 Å². The van der Waals surface area contributed by atoms with Crippen LogP contribution in [0, 0.1) is 12.7 Å². The maximum absolute atomic E-state index is 13.6. The molecule has 0 bridgehead atoms. The van der Waals surface area contributed by atoms with E-state index in [1.165, 1.54) is 12.1 Å². The van der Waals surface area contributed by atoms with E-state index < -0.39 is 0 Å². The average molecular weight is 460 g/mol. The maximum Gasteiger partial charge on any atom is 0.324 e. The number of nitrogens with one attached hydrogen (secondary N) is 1. The summed E-state index contributed by atoms with van der Waals surface area (Å²) in [4.78, 5) is 30.1. The lowest BCUT2D eigenvalue weighted by Crippen LogP contribution is -2.49. The van der Waals surface area contributed by atoms with Gasteiger partial charge in [0.2, 0.25) is 5.91 Å². The quantitative estimate of drug-likeness (QED) is 0.464. The summed E-state index contributed by atoms with van der Waals surface area (Å²) in [5.74, 6) is -0.691. The zero-order valence-corrected chi connectivity index (χ0v) is 19.6. The second-order valence-electron chi connectivity index (χ2n) is 8.72. The minimum Gasteiger partial charge on any atom is -0.324 e. The normalized spacial score (nSPS) is 14.7. The highest BCUT2D eigenvalue weighted by molar-refractivity contribution is 6.02. The Hall–Kier alpha value is -3.67. The average Bonchev–Trinajstić information content (AvgIpc) is 2.82. The van der Waals surface area contributed by atoms with Crippen molar-refractivity contribution < 1.29 is 14.0 Å². The third-order valence-electron chi connectivity index (χ3n) is 6.20. The van der Waals surface area contributed by atoms with E-state index in [1.807, 2.05) is 68.4 Å². The number of rotatable bonds is 7. The maximum atomic E-state index is 13.6. The van der Waals surface area contributed by atoms with Crippen molar-refractivity contribution in [3.05, 3.63) is 95.3 Å². The molecule has 3 amide bonds. The summed E-state index contributed by atoms with van der Waals surface area (Å²) in [5.41, 5.74) is 4.01. The van der Waals surface area contributed by atoms with E-state index in [-0.39, 0.29) is 23.7 Å². The second kappa shape index (κ2) is 10.5. The fourth-order valence-corrected chi connectivity index (χ4v) is 4.47. The second-order valence-corrected chi connectivity index (χ2v) is 8.72. The van der Waals surface area contributed by atoms with Crippen molar-refractivity contribution in [1.82, 2.24) is 4.90 Å². The summed E-state index contributed by atoms with van der Waals surface area (Å²) in [5, 5.41) is 3.09. The number of carbonyl (C=O) groups excluding carboxylic acids is 2. The predicted molar refractivity (Wildman–Crippen MR) is 133 cm³/mol. The van der Waals surface area contributed by atoms with E-state index in [1.54, 1.807) is 15.9 Å². The third-order valence-corrected chi connectivity index (χ3v) is 6.20. The number of aryl methyl sites for hydroxylation is 1. The first-order valence-corrected chi connectivity index (χ1v) is 11.7. The van der Waals surface area contributed by atoms with Gasteiger partial charge in [0.25, 0.3) is 0 Å². The number of benzene rings is 3. The van der Waals surface area contributed by atoms with Crippen LogP contribution in [0.15, 0.2) is 72.8 Å². The van der Waals surface area contributed by atoms with Crippen LogP contribution < -0.4 is 10.2 Å². The molecule has 0 aliphatic carbocycles. The summed E-state index contributed by atoms with van der Waals surface area (Å²) < 4.78 is 13.6. The van der Waals surface area contributed by atoms with Crippen LogP contribution in [0.1, 0.15) is 42.4 Å². The van der Waals surface area contributed by atoms with Gasteiger partial charge >= 0.3 is 6.03 Å². The monoisotopic (exact) mass is 459 g/mol. The highest BCUT2D eigenvalue weighted by Gasteiger charge is 2.29. The summed E-state index contributed by atoms with van der Waals surface area (Å²) in [6, 6.07) is 21.6. The first-order valence-electron chi connectivity index (χ1n) is 11.7. The number of amides is 3. The van der Waals surface area contributed by atoms with Crippen LogP contribution in [0.2, 0.25) is 0 Å². The fourth-order valence-electron chi connectivity index (χ4n) is 4.47. The topological polar surface area (TPSA) is 52.7 Å². The Balaban J connectivity index is 1.57. The molecule has 1 aliphatic heterocycles. The zero-order valence-electron chi connectivity index (χ0n) is 19.6. The molecule has 1 aliphatic rings. The Bertz CT molecular complexity index is 1170. The van der Waals surface area contributed by atoms with Crippen molar-refractivity contribution in [1.29, 1.82) is 0 Å². The van der Waals surface area contributed by atoms with Gasteiger partial charge in [-0.2, -0.15) is 0 Å². The van der Waals surface area contributed by atoms with E-state index in [9.17, 15) is 14.0 Å². The predicted octanol–water partition coefficient (Wildman–Crippen LogP) is 6.10. The Morgan fingerprint density at radius 3 is 2.56 bits per heavy atom. The molecular weight excluding hydrogens is 429 g/mol. The van der Waals surface area contributed by atoms with Crippen LogP contribution >= 0.6 is 0 Å². The molecule has 34 heavy (non-hydrogen) atoms. The molecule has 0 unspecified atom stereocenters. The van der Waals surface area contributed by atoms with Crippen LogP contribution in [0.3, 0.4) is 0 Å². The molecule has 0 spiro atoms. The lowest BCUT2D eigenvalue weighted by molar-refractivity contribution is -0.117. The molecule has 0 saturated carbocycles.